The van der Waals surface area contributed by atoms with Crippen LogP contribution >= 0.6 is 0 Å². The van der Waals surface area contributed by atoms with E-state index >= 15 is 0 Å². The van der Waals surface area contributed by atoms with Gasteiger partial charge in [0.15, 0.2) is 11.3 Å². The van der Waals surface area contributed by atoms with E-state index in [2.05, 4.69) is 20.7 Å². The van der Waals surface area contributed by atoms with Crippen molar-refractivity contribution in [1.82, 2.24) is 24.6 Å². The summed E-state index contributed by atoms with van der Waals surface area (Å²) in [6.07, 6.45) is -0.618. The van der Waals surface area contributed by atoms with Crippen molar-refractivity contribution in [3.8, 4) is 0 Å². The Labute approximate surface area is 210 Å². The molecule has 3 N–H and O–H groups in total. The molecule has 0 radical (unpaired) electrons. The molecule has 1 atom stereocenters. The molecule has 1 aromatic carbocycles. The fraction of sp³-hybridized carbons (Fsp3) is 0.500. The molecule has 200 valence electrons. The molecular formula is C24H29F3N6O4. The summed E-state index contributed by atoms with van der Waals surface area (Å²) < 4.78 is 46.6. The summed E-state index contributed by atoms with van der Waals surface area (Å²) >= 11 is 0. The van der Waals surface area contributed by atoms with Crippen molar-refractivity contribution in [2.45, 2.75) is 63.6 Å². The molecule has 10 nitrogen and oxygen atoms in total. The van der Waals surface area contributed by atoms with E-state index < -0.39 is 23.4 Å². The lowest BCUT2D eigenvalue weighted by atomic mass is 9.93. The molecule has 1 aliphatic rings. The molecule has 1 fully saturated rings. The number of rotatable bonds is 8. The first kappa shape index (κ1) is 26.6. The summed E-state index contributed by atoms with van der Waals surface area (Å²) in [6.45, 7) is 1.74. The number of nitrogens with zero attached hydrogens (tertiary/aromatic N) is 4. The zero-order chi connectivity index (χ0) is 26.7. The van der Waals surface area contributed by atoms with E-state index in [4.69, 9.17) is 4.74 Å². The van der Waals surface area contributed by atoms with Crippen LogP contribution in [0.25, 0.3) is 11.0 Å². The number of aliphatic hydroxyl groups is 1. The molecule has 37 heavy (non-hydrogen) atoms. The van der Waals surface area contributed by atoms with Crippen LogP contribution in [-0.4, -0.2) is 55.2 Å². The van der Waals surface area contributed by atoms with Crippen molar-refractivity contribution in [2.24, 2.45) is 7.05 Å². The van der Waals surface area contributed by atoms with Gasteiger partial charge in [-0.1, -0.05) is 0 Å². The second-order valence-electron chi connectivity index (χ2n) is 9.27. The summed E-state index contributed by atoms with van der Waals surface area (Å²) in [5.41, 5.74) is -0.504. The predicted octanol–water partition coefficient (Wildman–Crippen LogP) is 2.72. The Kier molecular flexibility index (Phi) is 7.83. The maximum absolute atomic E-state index is 13.1. The summed E-state index contributed by atoms with van der Waals surface area (Å²) in [6, 6.07) is 4.40. The van der Waals surface area contributed by atoms with Gasteiger partial charge in [0.05, 0.1) is 30.7 Å². The lowest BCUT2D eigenvalue weighted by molar-refractivity contribution is -0.137. The number of aliphatic hydroxyl groups excluding tert-OH is 1. The highest BCUT2D eigenvalue weighted by molar-refractivity contribution is 5.87. The van der Waals surface area contributed by atoms with Crippen LogP contribution in [0.2, 0.25) is 0 Å². The van der Waals surface area contributed by atoms with Gasteiger partial charge in [0.1, 0.15) is 12.1 Å². The normalized spacial score (nSPS) is 19.1. The van der Waals surface area contributed by atoms with E-state index in [1.54, 1.807) is 14.0 Å². The molecule has 3 aromatic rings. The first-order chi connectivity index (χ1) is 17.5. The minimum atomic E-state index is -4.44. The van der Waals surface area contributed by atoms with E-state index in [0.29, 0.717) is 5.69 Å². The van der Waals surface area contributed by atoms with Crippen LogP contribution in [0.3, 0.4) is 0 Å². The molecule has 1 saturated carbocycles. The third-order valence-electron chi connectivity index (χ3n) is 6.21. The molecule has 2 aromatic heterocycles. The van der Waals surface area contributed by atoms with Gasteiger partial charge in [-0.3, -0.25) is 18.8 Å². The highest BCUT2D eigenvalue weighted by atomic mass is 19.4. The van der Waals surface area contributed by atoms with Crippen molar-refractivity contribution in [3.05, 3.63) is 46.5 Å². The first-order valence-electron chi connectivity index (χ1n) is 12.0. The van der Waals surface area contributed by atoms with E-state index in [-0.39, 0.29) is 48.1 Å². The van der Waals surface area contributed by atoms with Gasteiger partial charge in [0.25, 0.3) is 5.56 Å². The summed E-state index contributed by atoms with van der Waals surface area (Å²) in [7, 11) is 1.55. The number of fused-ring (bicyclic) bond motifs is 1. The average Bonchev–Trinajstić information content (AvgIpc) is 3.15. The predicted molar refractivity (Wildman–Crippen MR) is 129 cm³/mol. The fourth-order valence-electron chi connectivity index (χ4n) is 4.34. The Hall–Kier alpha value is -3.45. The third kappa shape index (κ3) is 6.46. The lowest BCUT2D eigenvalue weighted by Gasteiger charge is -2.29. The number of aryl methyl sites for hydroxylation is 1. The maximum Gasteiger partial charge on any atom is 0.416 e. The van der Waals surface area contributed by atoms with E-state index in [1.165, 1.54) is 27.7 Å². The summed E-state index contributed by atoms with van der Waals surface area (Å²) in [4.78, 5) is 30.0. The van der Waals surface area contributed by atoms with Gasteiger partial charge < -0.3 is 20.5 Å². The fourth-order valence-corrected chi connectivity index (χ4v) is 4.34. The molecule has 0 aliphatic heterocycles. The van der Waals surface area contributed by atoms with E-state index in [9.17, 15) is 27.9 Å². The molecule has 1 amide bonds. The smallest absolute Gasteiger partial charge is 0.391 e. The maximum atomic E-state index is 13.1. The van der Waals surface area contributed by atoms with Crippen LogP contribution in [-0.2, 0) is 29.3 Å². The molecular weight excluding hydrogens is 493 g/mol. The van der Waals surface area contributed by atoms with Gasteiger partial charge in [0, 0.05) is 18.8 Å². The van der Waals surface area contributed by atoms with E-state index in [1.807, 2.05) is 0 Å². The number of hydrogen-bond donors (Lipinski definition) is 3. The minimum absolute atomic E-state index is 0.0254. The van der Waals surface area contributed by atoms with Crippen molar-refractivity contribution < 1.29 is 27.8 Å². The number of hydrogen-bond acceptors (Lipinski definition) is 7. The van der Waals surface area contributed by atoms with Gasteiger partial charge in [-0.2, -0.15) is 18.3 Å². The molecule has 0 spiro atoms. The zero-order valence-electron chi connectivity index (χ0n) is 20.5. The van der Waals surface area contributed by atoms with Crippen LogP contribution < -0.4 is 16.2 Å². The Balaban J connectivity index is 1.40. The van der Waals surface area contributed by atoms with Crippen LogP contribution in [0.5, 0.6) is 0 Å². The quantitative estimate of drug-likeness (QED) is 0.416. The number of alkyl halides is 3. The number of benzene rings is 1. The largest absolute Gasteiger partial charge is 0.416 e. The average molecular weight is 523 g/mol. The summed E-state index contributed by atoms with van der Waals surface area (Å²) in [5, 5.41) is 19.4. The van der Waals surface area contributed by atoms with Gasteiger partial charge in [0.2, 0.25) is 5.91 Å². The number of halogens is 3. The number of ether oxygens (including phenoxy) is 1. The summed E-state index contributed by atoms with van der Waals surface area (Å²) in [5.74, 6) is -0.109. The van der Waals surface area contributed by atoms with Crippen LogP contribution in [0.15, 0.2) is 35.4 Å². The van der Waals surface area contributed by atoms with Crippen LogP contribution in [0, 0.1) is 0 Å². The molecule has 4 rings (SSSR count). The Bertz CT molecular complexity index is 1290. The molecule has 0 unspecified atom stereocenters. The third-order valence-corrected chi connectivity index (χ3v) is 6.21. The van der Waals surface area contributed by atoms with Crippen LogP contribution in [0.1, 0.15) is 38.2 Å². The second-order valence-corrected chi connectivity index (χ2v) is 9.27. The first-order valence-corrected chi connectivity index (χ1v) is 12.0. The standard InChI is InChI=1S/C24H29F3N6O4/c1-14(34)12-37-18-9-7-16(8-10-18)29-19(35)11-33-13-28-20-21(23(33)36)32(2)31-22(20)30-17-5-3-15(4-6-17)24(25,26)27/h3-6,13-14,16,18,34H,7-12H2,1-2H3,(H,29,35)(H,30,31)/t14-,16-,18-/m1/s1. The number of anilines is 2. The number of nitrogens with one attached hydrogen (secondary N) is 2. The molecule has 0 bridgehead atoms. The Morgan fingerprint density at radius 2 is 1.89 bits per heavy atom. The highest BCUT2D eigenvalue weighted by Gasteiger charge is 2.30. The monoisotopic (exact) mass is 522 g/mol. The number of amides is 1. The number of carbonyl (C=O) groups is 1. The number of carbonyl (C=O) groups excluding carboxylic acids is 1. The topological polar surface area (TPSA) is 123 Å². The second kappa shape index (κ2) is 10.9. The lowest BCUT2D eigenvalue weighted by Crippen LogP contribution is -2.42. The zero-order valence-corrected chi connectivity index (χ0v) is 20.5. The van der Waals surface area contributed by atoms with Gasteiger partial charge >= 0.3 is 6.18 Å². The highest BCUT2D eigenvalue weighted by Crippen LogP contribution is 2.31. The van der Waals surface area contributed by atoms with Gasteiger partial charge in [-0.05, 0) is 56.9 Å². The SMILES string of the molecule is C[C@@H](O)CO[C@H]1CC[C@H](NC(=O)Cn2cnc3c(Nc4ccc(C(F)(F)F)cc4)nn(C)c3c2=O)CC1. The van der Waals surface area contributed by atoms with Crippen LogP contribution in [0.4, 0.5) is 24.7 Å². The minimum Gasteiger partial charge on any atom is -0.391 e. The van der Waals surface area contributed by atoms with Crippen molar-refractivity contribution in [3.63, 3.8) is 0 Å². The van der Waals surface area contributed by atoms with E-state index in [0.717, 1.165) is 37.8 Å². The molecule has 13 heteroatoms. The number of aromatic nitrogens is 4. The van der Waals surface area contributed by atoms with Gasteiger partial charge in [-0.15, -0.1) is 0 Å². The Morgan fingerprint density at radius 1 is 1.22 bits per heavy atom. The van der Waals surface area contributed by atoms with Gasteiger partial charge in [-0.25, -0.2) is 4.98 Å². The molecule has 2 heterocycles. The molecule has 0 saturated heterocycles. The van der Waals surface area contributed by atoms with Crippen molar-refractivity contribution in [1.29, 1.82) is 0 Å². The van der Waals surface area contributed by atoms with Crippen molar-refractivity contribution in [2.75, 3.05) is 11.9 Å². The van der Waals surface area contributed by atoms with Crippen molar-refractivity contribution >= 4 is 28.4 Å². The Morgan fingerprint density at radius 3 is 2.51 bits per heavy atom. The molecule has 1 aliphatic carbocycles.